The fraction of sp³-hybridized carbons (Fsp3) is 0.0741. The number of benzene rings is 4. The maximum Gasteiger partial charge on any atom is 0.252 e. The lowest BCUT2D eigenvalue weighted by Crippen LogP contribution is -2.26. The standard InChI is InChI=1S/C27H23NO2/c29-24-15-16-25(23-13-11-22(12-14-23)21-9-5-2-6-10-21)26(19-24)27(30)28-18-17-20-7-3-1-4-8-20/h1-16,19,29H,17-18H2,(H,28,30). The number of rotatable bonds is 6. The van der Waals surface area contributed by atoms with Gasteiger partial charge in [0.25, 0.3) is 5.91 Å². The molecule has 4 aromatic carbocycles. The number of nitrogens with one attached hydrogen (secondary N) is 1. The van der Waals surface area contributed by atoms with Gasteiger partial charge in [0.15, 0.2) is 0 Å². The van der Waals surface area contributed by atoms with E-state index in [1.54, 1.807) is 12.1 Å². The first kappa shape index (κ1) is 19.5. The van der Waals surface area contributed by atoms with Crippen molar-refractivity contribution < 1.29 is 9.90 Å². The quantitative estimate of drug-likeness (QED) is 0.441. The van der Waals surface area contributed by atoms with E-state index in [4.69, 9.17) is 0 Å². The average Bonchev–Trinajstić information content (AvgIpc) is 2.80. The third kappa shape index (κ3) is 4.58. The fourth-order valence-electron chi connectivity index (χ4n) is 3.50. The van der Waals surface area contributed by atoms with Crippen molar-refractivity contribution in [1.29, 1.82) is 0 Å². The van der Waals surface area contributed by atoms with Crippen molar-refractivity contribution in [1.82, 2.24) is 5.32 Å². The van der Waals surface area contributed by atoms with Crippen LogP contribution in [-0.4, -0.2) is 17.6 Å². The number of hydrogen-bond donors (Lipinski definition) is 2. The molecule has 0 aliphatic heterocycles. The highest BCUT2D eigenvalue weighted by molar-refractivity contribution is 6.01. The number of hydrogen-bond acceptors (Lipinski definition) is 2. The van der Waals surface area contributed by atoms with Crippen molar-refractivity contribution in [2.75, 3.05) is 6.54 Å². The summed E-state index contributed by atoms with van der Waals surface area (Å²) < 4.78 is 0. The summed E-state index contributed by atoms with van der Waals surface area (Å²) in [5.41, 5.74) is 5.63. The first-order valence-electron chi connectivity index (χ1n) is 10.0. The van der Waals surface area contributed by atoms with Crippen LogP contribution in [0.5, 0.6) is 5.75 Å². The van der Waals surface area contributed by atoms with E-state index in [9.17, 15) is 9.90 Å². The van der Waals surface area contributed by atoms with Crippen molar-refractivity contribution in [3.05, 3.63) is 114 Å². The summed E-state index contributed by atoms with van der Waals surface area (Å²) in [6, 6.07) is 33.3. The summed E-state index contributed by atoms with van der Waals surface area (Å²) in [6.45, 7) is 0.533. The molecule has 0 unspecified atom stereocenters. The smallest absolute Gasteiger partial charge is 0.252 e. The van der Waals surface area contributed by atoms with Crippen molar-refractivity contribution in [2.24, 2.45) is 0 Å². The topological polar surface area (TPSA) is 49.3 Å². The Labute approximate surface area is 176 Å². The van der Waals surface area contributed by atoms with Crippen LogP contribution < -0.4 is 5.32 Å². The Morgan fingerprint density at radius 2 is 1.30 bits per heavy atom. The van der Waals surface area contributed by atoms with Crippen LogP contribution in [0, 0.1) is 0 Å². The molecule has 3 heteroatoms. The van der Waals surface area contributed by atoms with E-state index in [1.807, 2.05) is 60.7 Å². The van der Waals surface area contributed by atoms with Crippen molar-refractivity contribution >= 4 is 5.91 Å². The molecule has 0 saturated heterocycles. The van der Waals surface area contributed by atoms with E-state index in [-0.39, 0.29) is 11.7 Å². The molecule has 0 atom stereocenters. The van der Waals surface area contributed by atoms with Gasteiger partial charge in [-0.2, -0.15) is 0 Å². The molecule has 0 radical (unpaired) electrons. The van der Waals surface area contributed by atoms with E-state index in [0.29, 0.717) is 12.1 Å². The van der Waals surface area contributed by atoms with Gasteiger partial charge in [-0.3, -0.25) is 4.79 Å². The normalized spacial score (nSPS) is 10.5. The van der Waals surface area contributed by atoms with Gasteiger partial charge in [-0.15, -0.1) is 0 Å². The van der Waals surface area contributed by atoms with Gasteiger partial charge in [0, 0.05) is 6.54 Å². The molecular formula is C27H23NO2. The van der Waals surface area contributed by atoms with E-state index < -0.39 is 0 Å². The summed E-state index contributed by atoms with van der Waals surface area (Å²) in [7, 11) is 0. The second-order valence-electron chi connectivity index (χ2n) is 7.16. The molecule has 30 heavy (non-hydrogen) atoms. The number of carbonyl (C=O) groups is 1. The minimum atomic E-state index is -0.191. The molecule has 0 aliphatic carbocycles. The zero-order valence-corrected chi connectivity index (χ0v) is 16.6. The highest BCUT2D eigenvalue weighted by Gasteiger charge is 2.14. The van der Waals surface area contributed by atoms with Crippen molar-refractivity contribution in [3.8, 4) is 28.0 Å². The molecule has 1 amide bonds. The van der Waals surface area contributed by atoms with Crippen LogP contribution in [0.2, 0.25) is 0 Å². The van der Waals surface area contributed by atoms with Crippen LogP contribution in [0.15, 0.2) is 103 Å². The highest BCUT2D eigenvalue weighted by atomic mass is 16.3. The summed E-state index contributed by atoms with van der Waals surface area (Å²) in [6.07, 6.45) is 0.756. The lowest BCUT2D eigenvalue weighted by molar-refractivity contribution is 0.0954. The molecular weight excluding hydrogens is 370 g/mol. The molecule has 0 saturated carbocycles. The number of carbonyl (C=O) groups excluding carboxylic acids is 1. The predicted molar refractivity (Wildman–Crippen MR) is 121 cm³/mol. The van der Waals surface area contributed by atoms with Gasteiger partial charge >= 0.3 is 0 Å². The van der Waals surface area contributed by atoms with Crippen molar-refractivity contribution in [3.63, 3.8) is 0 Å². The summed E-state index contributed by atoms with van der Waals surface area (Å²) in [4.78, 5) is 12.8. The Bertz CT molecular complexity index is 1120. The Balaban J connectivity index is 1.53. The summed E-state index contributed by atoms with van der Waals surface area (Å²) >= 11 is 0. The van der Waals surface area contributed by atoms with Crippen LogP contribution in [-0.2, 0) is 6.42 Å². The molecule has 148 valence electrons. The number of phenols is 1. The minimum absolute atomic E-state index is 0.0767. The van der Waals surface area contributed by atoms with E-state index >= 15 is 0 Å². The van der Waals surface area contributed by atoms with Crippen LogP contribution in [0.3, 0.4) is 0 Å². The van der Waals surface area contributed by atoms with E-state index in [0.717, 1.165) is 28.7 Å². The van der Waals surface area contributed by atoms with Crippen molar-refractivity contribution in [2.45, 2.75) is 6.42 Å². The highest BCUT2D eigenvalue weighted by Crippen LogP contribution is 2.29. The molecule has 3 nitrogen and oxygen atoms in total. The van der Waals surface area contributed by atoms with Crippen LogP contribution in [0.25, 0.3) is 22.3 Å². The molecule has 0 fully saturated rings. The SMILES string of the molecule is O=C(NCCc1ccccc1)c1cc(O)ccc1-c1ccc(-c2ccccc2)cc1. The first-order chi connectivity index (χ1) is 14.7. The Hall–Kier alpha value is -3.85. The zero-order chi connectivity index (χ0) is 20.8. The van der Waals surface area contributed by atoms with E-state index in [1.165, 1.54) is 11.6 Å². The number of amides is 1. The number of phenolic OH excluding ortho intramolecular Hbond substituents is 1. The monoisotopic (exact) mass is 393 g/mol. The van der Waals surface area contributed by atoms with Gasteiger partial charge in [0.2, 0.25) is 0 Å². The Morgan fingerprint density at radius 1 is 0.700 bits per heavy atom. The van der Waals surface area contributed by atoms with Gasteiger partial charge in [-0.05, 0) is 52.4 Å². The molecule has 0 heterocycles. The maximum absolute atomic E-state index is 12.8. The fourth-order valence-corrected chi connectivity index (χ4v) is 3.50. The Kier molecular flexibility index (Phi) is 5.90. The predicted octanol–water partition coefficient (Wildman–Crippen LogP) is 5.70. The molecule has 0 aromatic heterocycles. The third-order valence-electron chi connectivity index (χ3n) is 5.09. The van der Waals surface area contributed by atoms with E-state index in [2.05, 4.69) is 29.6 Å². The molecule has 0 aliphatic rings. The molecule has 4 rings (SSSR count). The first-order valence-corrected chi connectivity index (χ1v) is 10.0. The lowest BCUT2D eigenvalue weighted by atomic mass is 9.96. The van der Waals surface area contributed by atoms with Gasteiger partial charge < -0.3 is 10.4 Å². The summed E-state index contributed by atoms with van der Waals surface area (Å²) in [5, 5.41) is 12.9. The van der Waals surface area contributed by atoms with Gasteiger partial charge in [-0.1, -0.05) is 84.9 Å². The van der Waals surface area contributed by atoms with Gasteiger partial charge in [0.05, 0.1) is 5.56 Å². The third-order valence-corrected chi connectivity index (χ3v) is 5.09. The lowest BCUT2D eigenvalue weighted by Gasteiger charge is -2.12. The van der Waals surface area contributed by atoms with Crippen LogP contribution in [0.4, 0.5) is 0 Å². The second kappa shape index (κ2) is 9.10. The molecule has 4 aromatic rings. The molecule has 0 bridgehead atoms. The summed E-state index contributed by atoms with van der Waals surface area (Å²) in [5.74, 6) is -0.114. The van der Waals surface area contributed by atoms with Gasteiger partial charge in [0.1, 0.15) is 5.75 Å². The maximum atomic E-state index is 12.8. The molecule has 2 N–H and O–H groups in total. The average molecular weight is 393 g/mol. The zero-order valence-electron chi connectivity index (χ0n) is 16.6. The Morgan fingerprint density at radius 3 is 2.00 bits per heavy atom. The largest absolute Gasteiger partial charge is 0.508 e. The van der Waals surface area contributed by atoms with Gasteiger partial charge in [-0.25, -0.2) is 0 Å². The molecule has 0 spiro atoms. The van der Waals surface area contributed by atoms with Crippen LogP contribution >= 0.6 is 0 Å². The number of aromatic hydroxyl groups is 1. The second-order valence-corrected chi connectivity index (χ2v) is 7.16. The van der Waals surface area contributed by atoms with Crippen LogP contribution in [0.1, 0.15) is 15.9 Å². The minimum Gasteiger partial charge on any atom is -0.508 e.